The predicted molar refractivity (Wildman–Crippen MR) is 116 cm³/mol. The number of nitrogens with one attached hydrogen (secondary N) is 1. The fourth-order valence-electron chi connectivity index (χ4n) is 2.54. The molecule has 0 aliphatic heterocycles. The van der Waals surface area contributed by atoms with Crippen LogP contribution in [0, 0.1) is 0 Å². The van der Waals surface area contributed by atoms with Crippen molar-refractivity contribution in [1.82, 2.24) is 5.32 Å². The van der Waals surface area contributed by atoms with Crippen molar-refractivity contribution in [3.8, 4) is 0 Å². The van der Waals surface area contributed by atoms with Gasteiger partial charge in [0.25, 0.3) is 0 Å². The Hall–Kier alpha value is -0.940. The third kappa shape index (κ3) is 18.2. The second-order valence-electron chi connectivity index (χ2n) is 6.82. The fourth-order valence-corrected chi connectivity index (χ4v) is 2.54. The highest BCUT2D eigenvalue weighted by Crippen LogP contribution is 2.09. The first-order valence-corrected chi connectivity index (χ1v) is 10.6. The predicted octanol–water partition coefficient (Wildman–Crippen LogP) is 5.76. The zero-order valence-electron chi connectivity index (χ0n) is 18.3. The molecule has 0 aromatic rings. The van der Waals surface area contributed by atoms with Gasteiger partial charge < -0.3 is 14.2 Å². The van der Waals surface area contributed by atoms with Crippen LogP contribution in [0.25, 0.3) is 0 Å². The Kier molecular flexibility index (Phi) is 19.1. The van der Waals surface area contributed by atoms with Gasteiger partial charge in [-0.05, 0) is 58.8 Å². The van der Waals surface area contributed by atoms with Crippen LogP contribution in [0.3, 0.4) is 0 Å². The Morgan fingerprint density at radius 3 is 2.44 bits per heavy atom. The second-order valence-corrected chi connectivity index (χ2v) is 6.82. The Balaban J connectivity index is 3.88. The van der Waals surface area contributed by atoms with E-state index in [0.29, 0.717) is 0 Å². The van der Waals surface area contributed by atoms with E-state index in [1.54, 1.807) is 7.11 Å². The smallest absolute Gasteiger partial charge is 0.216 e. The summed E-state index contributed by atoms with van der Waals surface area (Å²) in [5.74, 6) is 0. The van der Waals surface area contributed by atoms with Gasteiger partial charge in [-0.3, -0.25) is 5.32 Å². The summed E-state index contributed by atoms with van der Waals surface area (Å²) in [4.78, 5) is 0. The quantitative estimate of drug-likeness (QED) is 0.142. The summed E-state index contributed by atoms with van der Waals surface area (Å²) in [7, 11) is 1.66. The van der Waals surface area contributed by atoms with E-state index in [9.17, 15) is 0 Å². The highest BCUT2D eigenvalue weighted by molar-refractivity contribution is 5.18. The van der Waals surface area contributed by atoms with Crippen molar-refractivity contribution in [1.29, 1.82) is 0 Å². The van der Waals surface area contributed by atoms with Crippen LogP contribution in [0.5, 0.6) is 0 Å². The van der Waals surface area contributed by atoms with E-state index in [1.165, 1.54) is 5.57 Å². The van der Waals surface area contributed by atoms with Crippen molar-refractivity contribution >= 4 is 0 Å². The van der Waals surface area contributed by atoms with Gasteiger partial charge in [-0.2, -0.15) is 0 Å². The molecule has 1 atom stereocenters. The fraction of sp³-hybridized carbons (Fsp3) is 0.739. The molecule has 0 heterocycles. The van der Waals surface area contributed by atoms with Crippen LogP contribution in [0.4, 0.5) is 0 Å². The lowest BCUT2D eigenvalue weighted by molar-refractivity contribution is -0.164. The number of hydrogen-bond donors (Lipinski definition) is 1. The van der Waals surface area contributed by atoms with Crippen LogP contribution in [0.15, 0.2) is 36.0 Å². The second kappa shape index (κ2) is 19.8. The van der Waals surface area contributed by atoms with Gasteiger partial charge in [-0.1, -0.05) is 49.8 Å². The van der Waals surface area contributed by atoms with Gasteiger partial charge in [0.15, 0.2) is 0 Å². The number of methoxy groups -OCH3 is 1. The summed E-state index contributed by atoms with van der Waals surface area (Å²) in [6.07, 6.45) is 18.5. The maximum atomic E-state index is 5.68. The first-order valence-electron chi connectivity index (χ1n) is 10.6. The molecule has 0 fully saturated rings. The molecule has 0 saturated carbocycles. The van der Waals surface area contributed by atoms with Crippen LogP contribution >= 0.6 is 0 Å². The lowest BCUT2D eigenvalue weighted by Crippen LogP contribution is -2.36. The molecular weight excluding hydrogens is 338 g/mol. The number of rotatable bonds is 18. The maximum absolute atomic E-state index is 5.68. The van der Waals surface area contributed by atoms with E-state index >= 15 is 0 Å². The van der Waals surface area contributed by atoms with Crippen molar-refractivity contribution in [3.05, 3.63) is 36.0 Å². The number of unbranched alkanes of at least 4 members (excludes halogenated alkanes) is 1. The van der Waals surface area contributed by atoms with Crippen molar-refractivity contribution in [2.45, 2.75) is 85.2 Å². The van der Waals surface area contributed by atoms with Gasteiger partial charge in [-0.25, -0.2) is 0 Å². The summed E-state index contributed by atoms with van der Waals surface area (Å²) in [5.41, 5.74) is 1.39. The number of ether oxygens (including phenoxy) is 3. The van der Waals surface area contributed by atoms with Gasteiger partial charge in [0.2, 0.25) is 6.41 Å². The third-order valence-corrected chi connectivity index (χ3v) is 3.85. The third-order valence-electron chi connectivity index (χ3n) is 3.85. The van der Waals surface area contributed by atoms with Gasteiger partial charge >= 0.3 is 0 Å². The maximum Gasteiger partial charge on any atom is 0.216 e. The van der Waals surface area contributed by atoms with Crippen LogP contribution in [0.2, 0.25) is 0 Å². The van der Waals surface area contributed by atoms with E-state index in [2.05, 4.69) is 49.5 Å². The summed E-state index contributed by atoms with van der Waals surface area (Å²) in [5, 5.41) is 3.29. The lowest BCUT2D eigenvalue weighted by atomic mass is 10.1. The molecular formula is C23H43NO3. The summed E-state index contributed by atoms with van der Waals surface area (Å²) >= 11 is 0. The molecule has 1 unspecified atom stereocenters. The monoisotopic (exact) mass is 381 g/mol. The number of hydrogen-bond acceptors (Lipinski definition) is 4. The van der Waals surface area contributed by atoms with Crippen molar-refractivity contribution < 1.29 is 14.2 Å². The van der Waals surface area contributed by atoms with Crippen LogP contribution in [-0.4, -0.2) is 39.4 Å². The molecule has 0 aliphatic rings. The molecule has 0 aliphatic carbocycles. The van der Waals surface area contributed by atoms with Crippen LogP contribution < -0.4 is 5.32 Å². The Labute approximate surface area is 168 Å². The lowest BCUT2D eigenvalue weighted by Gasteiger charge is -2.19. The normalized spacial score (nSPS) is 14.1. The summed E-state index contributed by atoms with van der Waals surface area (Å²) in [6, 6.07) is 0. The topological polar surface area (TPSA) is 39.7 Å². The van der Waals surface area contributed by atoms with Crippen molar-refractivity contribution in [3.63, 3.8) is 0 Å². The molecule has 27 heavy (non-hydrogen) atoms. The average molecular weight is 382 g/mol. The van der Waals surface area contributed by atoms with Gasteiger partial charge in [0, 0.05) is 20.3 Å². The van der Waals surface area contributed by atoms with E-state index in [0.717, 1.165) is 64.7 Å². The Bertz CT molecular complexity index is 402. The summed E-state index contributed by atoms with van der Waals surface area (Å²) < 4.78 is 16.6. The zero-order chi connectivity index (χ0) is 20.2. The molecule has 0 amide bonds. The SMILES string of the molecule is CCC=CCCCOCCC=C/C(=C\CC)CCCNC(OC)OC(C)C. The van der Waals surface area contributed by atoms with E-state index in [-0.39, 0.29) is 12.5 Å². The molecule has 0 aromatic carbocycles. The molecule has 0 aromatic heterocycles. The van der Waals surface area contributed by atoms with Crippen LogP contribution in [-0.2, 0) is 14.2 Å². The van der Waals surface area contributed by atoms with Gasteiger partial charge in [0.05, 0.1) is 12.7 Å². The highest BCUT2D eigenvalue weighted by atomic mass is 16.7. The first-order chi connectivity index (χ1) is 13.1. The minimum Gasteiger partial charge on any atom is -0.381 e. The van der Waals surface area contributed by atoms with Gasteiger partial charge in [-0.15, -0.1) is 0 Å². The average Bonchev–Trinajstić information content (AvgIpc) is 2.65. The molecule has 0 saturated heterocycles. The minimum atomic E-state index is -0.325. The van der Waals surface area contributed by atoms with E-state index in [1.807, 2.05) is 13.8 Å². The van der Waals surface area contributed by atoms with Crippen molar-refractivity contribution in [2.24, 2.45) is 0 Å². The van der Waals surface area contributed by atoms with E-state index in [4.69, 9.17) is 14.2 Å². The van der Waals surface area contributed by atoms with Crippen molar-refractivity contribution in [2.75, 3.05) is 26.9 Å². The van der Waals surface area contributed by atoms with Crippen LogP contribution in [0.1, 0.15) is 72.6 Å². The molecule has 4 nitrogen and oxygen atoms in total. The Morgan fingerprint density at radius 2 is 1.78 bits per heavy atom. The van der Waals surface area contributed by atoms with E-state index < -0.39 is 0 Å². The molecule has 0 spiro atoms. The number of allylic oxidation sites excluding steroid dienone is 5. The van der Waals surface area contributed by atoms with Gasteiger partial charge in [0.1, 0.15) is 0 Å². The molecule has 4 heteroatoms. The molecule has 158 valence electrons. The largest absolute Gasteiger partial charge is 0.381 e. The highest BCUT2D eigenvalue weighted by Gasteiger charge is 2.07. The molecule has 0 bridgehead atoms. The molecule has 0 rings (SSSR count). The minimum absolute atomic E-state index is 0.149. The zero-order valence-corrected chi connectivity index (χ0v) is 18.3. The first kappa shape index (κ1) is 26.1. The Morgan fingerprint density at radius 1 is 0.963 bits per heavy atom. The summed E-state index contributed by atoms with van der Waals surface area (Å²) in [6.45, 7) is 10.9. The standard InChI is InChI=1S/C23H43NO3/c1-6-8-9-10-12-19-26-20-13-11-16-22(15-7-2)17-14-18-24-23(25-5)27-21(3)4/h8-9,11,15-16,21,23-24H,6-7,10,12-14,17-20H2,1-5H3/b9-8?,16-11?,22-15+. The molecule has 1 N–H and O–H groups in total. The molecule has 0 radical (unpaired) electrons.